The standard InChI is InChI=1S/C76H50F2N2/c77-69-49-61(53-23-11-3-12-24-53)47-67(57-27-15-5-16-28-57)75(69)79(63-39-31-55(32-40-63)51-19-7-1-8-20-51)71-45-37-59-36-44-66-72(46-38-60-35-43-65(71)73(59)74(60)66)80(64-41-33-56(34-42-64)52-21-9-2-10-22-52)76-68(58-29-17-6-18-30-58)48-62(50-70(76)78)54-25-13-4-14-26-54/h1-50H. The van der Waals surface area contributed by atoms with Gasteiger partial charge in [0.05, 0.1) is 22.7 Å². The van der Waals surface area contributed by atoms with Crippen molar-refractivity contribution in [1.29, 1.82) is 0 Å². The zero-order valence-electron chi connectivity index (χ0n) is 43.5. The first kappa shape index (κ1) is 48.0. The van der Waals surface area contributed by atoms with E-state index >= 15 is 8.78 Å². The average molecular weight is 1030 g/mol. The highest BCUT2D eigenvalue weighted by molar-refractivity contribution is 6.28. The summed E-state index contributed by atoms with van der Waals surface area (Å²) in [7, 11) is 0. The number of halogens is 2. The predicted molar refractivity (Wildman–Crippen MR) is 332 cm³/mol. The van der Waals surface area contributed by atoms with Gasteiger partial charge in [0.15, 0.2) is 0 Å². The van der Waals surface area contributed by atoms with Gasteiger partial charge in [0.25, 0.3) is 0 Å². The third-order valence-electron chi connectivity index (χ3n) is 15.5. The third kappa shape index (κ3) is 8.70. The van der Waals surface area contributed by atoms with Crippen LogP contribution in [0.2, 0.25) is 0 Å². The Bertz CT molecular complexity index is 4200. The summed E-state index contributed by atoms with van der Waals surface area (Å²) in [4.78, 5) is 4.20. The van der Waals surface area contributed by atoms with Crippen LogP contribution in [0.1, 0.15) is 0 Å². The van der Waals surface area contributed by atoms with Crippen LogP contribution in [0.25, 0.3) is 99.1 Å². The summed E-state index contributed by atoms with van der Waals surface area (Å²) in [5.74, 6) is -0.706. The van der Waals surface area contributed by atoms with Crippen molar-refractivity contribution in [3.05, 3.63) is 315 Å². The SMILES string of the molecule is Fc1cc(-c2ccccc2)cc(-c2ccccc2)c1N(c1ccc(-c2ccccc2)cc1)c1ccc2ccc3c(N(c4ccc(-c5ccccc5)cc4)c4c(F)cc(-c5ccccc5)cc4-c4ccccc4)ccc4ccc1c2c43. The Hall–Kier alpha value is -10.4. The van der Waals surface area contributed by atoms with Crippen molar-refractivity contribution in [2.45, 2.75) is 0 Å². The van der Waals surface area contributed by atoms with Gasteiger partial charge in [-0.1, -0.05) is 243 Å². The van der Waals surface area contributed by atoms with Crippen molar-refractivity contribution in [3.8, 4) is 66.8 Å². The van der Waals surface area contributed by atoms with Gasteiger partial charge < -0.3 is 9.80 Å². The van der Waals surface area contributed by atoms with Crippen molar-refractivity contribution >= 4 is 66.4 Å². The van der Waals surface area contributed by atoms with Crippen LogP contribution in [-0.2, 0) is 0 Å². The van der Waals surface area contributed by atoms with Crippen LogP contribution in [0.3, 0.4) is 0 Å². The van der Waals surface area contributed by atoms with Crippen LogP contribution < -0.4 is 9.80 Å². The Labute approximate surface area is 464 Å². The molecular formula is C76H50F2N2. The molecule has 0 radical (unpaired) electrons. The Balaban J connectivity index is 1.02. The Kier molecular flexibility index (Phi) is 12.3. The number of hydrogen-bond donors (Lipinski definition) is 0. The molecule has 0 atom stereocenters. The van der Waals surface area contributed by atoms with Crippen LogP contribution in [0.5, 0.6) is 0 Å². The van der Waals surface area contributed by atoms with Crippen LogP contribution in [-0.4, -0.2) is 0 Å². The van der Waals surface area contributed by atoms with E-state index in [1.807, 2.05) is 133 Å². The smallest absolute Gasteiger partial charge is 0.148 e. The molecule has 0 aliphatic rings. The Morgan fingerprint density at radius 2 is 0.500 bits per heavy atom. The lowest BCUT2D eigenvalue weighted by atomic mass is 9.90. The molecule has 0 aliphatic heterocycles. The van der Waals surface area contributed by atoms with Gasteiger partial charge in [-0.05, 0) is 138 Å². The molecule has 0 bridgehead atoms. The summed E-state index contributed by atoms with van der Waals surface area (Å²) in [5, 5.41) is 5.99. The molecular weight excluding hydrogens is 979 g/mol. The number of rotatable bonds is 12. The summed E-state index contributed by atoms with van der Waals surface area (Å²) in [6.07, 6.45) is 0. The van der Waals surface area contributed by atoms with E-state index in [-0.39, 0.29) is 11.6 Å². The Morgan fingerprint density at radius 3 is 0.825 bits per heavy atom. The molecule has 378 valence electrons. The quantitative estimate of drug-likeness (QED) is 0.113. The number of anilines is 6. The van der Waals surface area contributed by atoms with E-state index in [1.54, 1.807) is 12.1 Å². The van der Waals surface area contributed by atoms with Crippen LogP contribution in [0.4, 0.5) is 42.9 Å². The molecule has 0 aromatic heterocycles. The maximum Gasteiger partial charge on any atom is 0.148 e. The van der Waals surface area contributed by atoms with E-state index in [4.69, 9.17) is 0 Å². The maximum atomic E-state index is 18.1. The molecule has 0 saturated heterocycles. The second kappa shape index (κ2) is 20.5. The summed E-state index contributed by atoms with van der Waals surface area (Å²) in [6.45, 7) is 0. The summed E-state index contributed by atoms with van der Waals surface area (Å²) < 4.78 is 36.1. The lowest BCUT2D eigenvalue weighted by molar-refractivity contribution is 0.629. The van der Waals surface area contributed by atoms with Crippen LogP contribution in [0.15, 0.2) is 303 Å². The van der Waals surface area contributed by atoms with Crippen LogP contribution >= 0.6 is 0 Å². The summed E-state index contributed by atoms with van der Waals surface area (Å²) >= 11 is 0. The fraction of sp³-hybridized carbons (Fsp3) is 0. The molecule has 0 saturated carbocycles. The monoisotopic (exact) mass is 1030 g/mol. The van der Waals surface area contributed by atoms with Crippen molar-refractivity contribution in [3.63, 3.8) is 0 Å². The van der Waals surface area contributed by atoms with E-state index in [9.17, 15) is 0 Å². The van der Waals surface area contributed by atoms with Gasteiger partial charge >= 0.3 is 0 Å². The molecule has 0 spiro atoms. The predicted octanol–water partition coefficient (Wildman–Crippen LogP) is 21.8. The number of benzene rings is 14. The largest absolute Gasteiger partial charge is 0.307 e. The van der Waals surface area contributed by atoms with Crippen molar-refractivity contribution in [2.24, 2.45) is 0 Å². The zero-order valence-corrected chi connectivity index (χ0v) is 43.5. The van der Waals surface area contributed by atoms with Crippen molar-refractivity contribution in [1.82, 2.24) is 0 Å². The van der Waals surface area contributed by atoms with Gasteiger partial charge in [-0.2, -0.15) is 0 Å². The van der Waals surface area contributed by atoms with Gasteiger partial charge in [-0.3, -0.25) is 0 Å². The first-order valence-corrected chi connectivity index (χ1v) is 27.0. The van der Waals surface area contributed by atoms with Gasteiger partial charge in [-0.15, -0.1) is 0 Å². The minimum atomic E-state index is -0.353. The molecule has 0 fully saturated rings. The number of nitrogens with zero attached hydrogens (tertiary/aromatic N) is 2. The summed E-state index contributed by atoms with van der Waals surface area (Å²) in [5.41, 5.74) is 15.1. The first-order valence-electron chi connectivity index (χ1n) is 27.0. The molecule has 14 aromatic rings. The van der Waals surface area contributed by atoms with Crippen molar-refractivity contribution in [2.75, 3.05) is 9.80 Å². The van der Waals surface area contributed by atoms with E-state index in [0.717, 1.165) is 122 Å². The van der Waals surface area contributed by atoms with Gasteiger partial charge in [0, 0.05) is 33.3 Å². The fourth-order valence-corrected chi connectivity index (χ4v) is 11.7. The Morgan fingerprint density at radius 1 is 0.225 bits per heavy atom. The van der Waals surface area contributed by atoms with Gasteiger partial charge in [0.1, 0.15) is 11.6 Å². The minimum absolute atomic E-state index is 0.353. The van der Waals surface area contributed by atoms with E-state index in [2.05, 4.69) is 168 Å². The number of hydrogen-bond acceptors (Lipinski definition) is 2. The molecule has 14 aromatic carbocycles. The third-order valence-corrected chi connectivity index (χ3v) is 15.5. The normalized spacial score (nSPS) is 11.4. The highest BCUT2D eigenvalue weighted by Crippen LogP contribution is 2.52. The zero-order chi connectivity index (χ0) is 53.5. The molecule has 0 amide bonds. The van der Waals surface area contributed by atoms with Gasteiger partial charge in [-0.25, -0.2) is 8.78 Å². The second-order valence-electron chi connectivity index (χ2n) is 20.3. The molecule has 0 unspecified atom stereocenters. The molecule has 0 aliphatic carbocycles. The van der Waals surface area contributed by atoms with Gasteiger partial charge in [0.2, 0.25) is 0 Å². The molecule has 0 N–H and O–H groups in total. The molecule has 80 heavy (non-hydrogen) atoms. The molecule has 2 nitrogen and oxygen atoms in total. The highest BCUT2D eigenvalue weighted by atomic mass is 19.1. The minimum Gasteiger partial charge on any atom is -0.307 e. The topological polar surface area (TPSA) is 6.48 Å². The summed E-state index contributed by atoms with van der Waals surface area (Å²) in [6, 6.07) is 103. The highest BCUT2D eigenvalue weighted by Gasteiger charge is 2.28. The first-order chi connectivity index (χ1) is 39.5. The fourth-order valence-electron chi connectivity index (χ4n) is 11.7. The molecule has 14 rings (SSSR count). The maximum absolute atomic E-state index is 18.1. The molecule has 4 heteroatoms. The van der Waals surface area contributed by atoms with Crippen LogP contribution in [0, 0.1) is 11.6 Å². The van der Waals surface area contributed by atoms with E-state index in [1.165, 1.54) is 0 Å². The average Bonchev–Trinajstić information content (AvgIpc) is 3.50. The lowest BCUT2D eigenvalue weighted by Crippen LogP contribution is -2.15. The van der Waals surface area contributed by atoms with E-state index in [0.29, 0.717) is 11.4 Å². The molecule has 0 heterocycles. The second-order valence-corrected chi connectivity index (χ2v) is 20.3. The van der Waals surface area contributed by atoms with E-state index < -0.39 is 0 Å². The lowest BCUT2D eigenvalue weighted by Gasteiger charge is -2.32. The van der Waals surface area contributed by atoms with Crippen molar-refractivity contribution < 1.29 is 8.78 Å².